The number of aryl methyl sites for hydroxylation is 1. The van der Waals surface area contributed by atoms with Crippen molar-refractivity contribution in [3.05, 3.63) is 23.8 Å². The van der Waals surface area contributed by atoms with Crippen LogP contribution in [0.3, 0.4) is 0 Å². The number of aliphatic hydroxyl groups is 1. The molecule has 6 aliphatic rings. The van der Waals surface area contributed by atoms with Gasteiger partial charge in [-0.05, 0) is 92.9 Å². The summed E-state index contributed by atoms with van der Waals surface area (Å²) < 4.78 is 10.8. The van der Waals surface area contributed by atoms with Crippen LogP contribution >= 0.6 is 0 Å². The molecule has 2 aliphatic heterocycles. The molecule has 1 N–H and O–H groups in total. The molecule has 4 bridgehead atoms. The maximum Gasteiger partial charge on any atom is 0.329 e. The summed E-state index contributed by atoms with van der Waals surface area (Å²) in [6.45, 7) is 0.348. The first-order valence-corrected chi connectivity index (χ1v) is 13.5. The molecule has 7 rings (SSSR count). The zero-order valence-corrected chi connectivity index (χ0v) is 21.0. The number of hydrogen-bond donors (Lipinski definition) is 1. The monoisotopic (exact) mass is 496 g/mol. The van der Waals surface area contributed by atoms with Gasteiger partial charge in [0.25, 0.3) is 5.91 Å². The molecule has 0 radical (unpaired) electrons. The summed E-state index contributed by atoms with van der Waals surface area (Å²) in [5, 5.41) is 10.4. The molecule has 1 unspecified atom stereocenters. The minimum atomic E-state index is -0.828. The molecule has 5 fully saturated rings. The minimum absolute atomic E-state index is 0.0188. The number of ether oxygens (including phenoxy) is 2. The predicted molar refractivity (Wildman–Crippen MR) is 131 cm³/mol. The lowest BCUT2D eigenvalue weighted by Crippen LogP contribution is -2.56. The van der Waals surface area contributed by atoms with E-state index in [1.54, 1.807) is 16.9 Å². The van der Waals surface area contributed by atoms with Crippen molar-refractivity contribution in [1.29, 1.82) is 0 Å². The summed E-state index contributed by atoms with van der Waals surface area (Å²) in [6.07, 6.45) is 7.51. The third kappa shape index (κ3) is 4.07. The van der Waals surface area contributed by atoms with Crippen molar-refractivity contribution in [3.8, 4) is 5.75 Å². The van der Waals surface area contributed by atoms with Crippen LogP contribution in [-0.4, -0.2) is 66.7 Å². The molecule has 0 aromatic heterocycles. The Hall–Kier alpha value is -2.61. The molecule has 194 valence electrons. The molecule has 0 spiro atoms. The number of rotatable bonds is 5. The molecule has 8 nitrogen and oxygen atoms in total. The van der Waals surface area contributed by atoms with Gasteiger partial charge in [-0.1, -0.05) is 0 Å². The fourth-order valence-corrected chi connectivity index (χ4v) is 8.21. The average molecular weight is 497 g/mol. The Morgan fingerprint density at radius 2 is 1.75 bits per heavy atom. The number of benzene rings is 1. The third-order valence-corrected chi connectivity index (χ3v) is 9.35. The van der Waals surface area contributed by atoms with Gasteiger partial charge in [-0.2, -0.15) is 0 Å². The Morgan fingerprint density at radius 3 is 2.42 bits per heavy atom. The van der Waals surface area contributed by atoms with E-state index >= 15 is 0 Å². The van der Waals surface area contributed by atoms with Crippen LogP contribution in [0.4, 0.5) is 5.69 Å². The van der Waals surface area contributed by atoms with E-state index in [0.717, 1.165) is 49.1 Å². The van der Waals surface area contributed by atoms with E-state index in [-0.39, 0.29) is 36.8 Å². The first-order valence-electron chi connectivity index (χ1n) is 13.5. The van der Waals surface area contributed by atoms with E-state index in [1.807, 2.05) is 18.2 Å². The molecule has 1 aromatic rings. The highest BCUT2D eigenvalue weighted by Gasteiger charge is 2.57. The molecule has 8 heteroatoms. The van der Waals surface area contributed by atoms with Crippen LogP contribution in [0.5, 0.6) is 5.75 Å². The van der Waals surface area contributed by atoms with Crippen LogP contribution in [0.2, 0.25) is 0 Å². The summed E-state index contributed by atoms with van der Waals surface area (Å²) in [5.74, 6) is 1.73. The summed E-state index contributed by atoms with van der Waals surface area (Å²) >= 11 is 0. The van der Waals surface area contributed by atoms with E-state index < -0.39 is 18.1 Å². The number of carbonyl (C=O) groups excluding carboxylic acids is 3. The van der Waals surface area contributed by atoms with Gasteiger partial charge in [0.05, 0.1) is 18.6 Å². The van der Waals surface area contributed by atoms with Crippen molar-refractivity contribution in [2.24, 2.45) is 23.2 Å². The number of fused-ring (bicyclic) bond motifs is 1. The van der Waals surface area contributed by atoms with Crippen LogP contribution < -0.4 is 9.64 Å². The Kier molecular flexibility index (Phi) is 5.97. The second kappa shape index (κ2) is 9.05. The summed E-state index contributed by atoms with van der Waals surface area (Å²) in [6, 6.07) is 4.80. The molecule has 2 amide bonds. The van der Waals surface area contributed by atoms with Gasteiger partial charge < -0.3 is 24.4 Å². The van der Waals surface area contributed by atoms with Gasteiger partial charge in [0.1, 0.15) is 11.8 Å². The average Bonchev–Trinajstić information content (AvgIpc) is 3.26. The number of likely N-dealkylation sites (tertiary alicyclic amines) is 1. The van der Waals surface area contributed by atoms with E-state index in [9.17, 15) is 19.5 Å². The summed E-state index contributed by atoms with van der Waals surface area (Å²) in [7, 11) is 1.62. The topological polar surface area (TPSA) is 96.4 Å². The van der Waals surface area contributed by atoms with Gasteiger partial charge in [0.15, 0.2) is 6.61 Å². The number of esters is 1. The second-order valence-electron chi connectivity index (χ2n) is 11.8. The molecule has 4 saturated carbocycles. The molecular formula is C28H36N2O6. The number of hydrogen-bond acceptors (Lipinski definition) is 6. The fourth-order valence-electron chi connectivity index (χ4n) is 8.21. The van der Waals surface area contributed by atoms with Crippen molar-refractivity contribution in [2.45, 2.75) is 69.9 Å². The van der Waals surface area contributed by atoms with E-state index in [2.05, 4.69) is 0 Å². The van der Waals surface area contributed by atoms with E-state index in [0.29, 0.717) is 24.3 Å². The maximum atomic E-state index is 13.9. The molecule has 4 aliphatic carbocycles. The zero-order chi connectivity index (χ0) is 25.0. The molecule has 1 saturated heterocycles. The quantitative estimate of drug-likeness (QED) is 0.630. The first kappa shape index (κ1) is 23.8. The minimum Gasteiger partial charge on any atom is -0.497 e. The largest absolute Gasteiger partial charge is 0.497 e. The summed E-state index contributed by atoms with van der Waals surface area (Å²) in [4.78, 5) is 43.3. The smallest absolute Gasteiger partial charge is 0.329 e. The van der Waals surface area contributed by atoms with Gasteiger partial charge >= 0.3 is 5.97 Å². The standard InChI is InChI=1S/C28H36N2O6/c1-35-22-4-5-23-20(10-22)3-2-6-29(23)25(32)16-36-26(33)24-11-21(31)15-30(24)27(34)28-12-17-7-18(13-28)9-19(8-17)14-28/h4-5,10,17-19,21,24,31H,2-3,6-9,11-16H2,1H3/t17?,18?,19?,21?,24-,28?/m0/s1. The molecular weight excluding hydrogens is 460 g/mol. The fraction of sp³-hybridized carbons (Fsp3) is 0.679. The van der Waals surface area contributed by atoms with Crippen molar-refractivity contribution >= 4 is 23.5 Å². The normalized spacial score (nSPS) is 34.4. The second-order valence-corrected chi connectivity index (χ2v) is 11.8. The number of nitrogens with zero attached hydrogens (tertiary/aromatic N) is 2. The predicted octanol–water partition coefficient (Wildman–Crippen LogP) is 2.70. The van der Waals surface area contributed by atoms with Crippen LogP contribution in [0.25, 0.3) is 0 Å². The van der Waals surface area contributed by atoms with Crippen molar-refractivity contribution in [2.75, 3.05) is 31.7 Å². The lowest BCUT2D eigenvalue weighted by Gasteiger charge is -2.56. The van der Waals surface area contributed by atoms with Gasteiger partial charge in [-0.15, -0.1) is 0 Å². The lowest BCUT2D eigenvalue weighted by molar-refractivity contribution is -0.166. The Labute approximate surface area is 211 Å². The molecule has 2 heterocycles. The van der Waals surface area contributed by atoms with Crippen LogP contribution in [0.1, 0.15) is 56.9 Å². The first-order chi connectivity index (χ1) is 17.3. The third-order valence-electron chi connectivity index (χ3n) is 9.35. The number of amides is 2. The number of carbonyl (C=O) groups is 3. The van der Waals surface area contributed by atoms with E-state index in [4.69, 9.17) is 9.47 Å². The number of methoxy groups -OCH3 is 1. The van der Waals surface area contributed by atoms with Gasteiger partial charge in [0, 0.05) is 25.2 Å². The van der Waals surface area contributed by atoms with Crippen LogP contribution in [0, 0.1) is 23.2 Å². The molecule has 1 aromatic carbocycles. The van der Waals surface area contributed by atoms with Crippen molar-refractivity contribution in [3.63, 3.8) is 0 Å². The molecule has 2 atom stereocenters. The van der Waals surface area contributed by atoms with Gasteiger partial charge in [0.2, 0.25) is 5.91 Å². The Morgan fingerprint density at radius 1 is 1.06 bits per heavy atom. The Balaban J connectivity index is 1.12. The van der Waals surface area contributed by atoms with Gasteiger partial charge in [-0.3, -0.25) is 9.59 Å². The Bertz CT molecular complexity index is 1030. The van der Waals surface area contributed by atoms with Crippen LogP contribution in [-0.2, 0) is 25.5 Å². The highest BCUT2D eigenvalue weighted by atomic mass is 16.5. The number of β-amino-alcohol motifs (C(OH)–C–C–N with tert-alkyl or cyclic N) is 1. The van der Waals surface area contributed by atoms with Crippen molar-refractivity contribution in [1.82, 2.24) is 4.90 Å². The molecule has 36 heavy (non-hydrogen) atoms. The summed E-state index contributed by atoms with van der Waals surface area (Å²) in [5.41, 5.74) is 1.47. The zero-order valence-electron chi connectivity index (χ0n) is 21.0. The number of aliphatic hydroxyl groups excluding tert-OH is 1. The maximum absolute atomic E-state index is 13.9. The highest BCUT2D eigenvalue weighted by molar-refractivity contribution is 5.97. The van der Waals surface area contributed by atoms with Crippen LogP contribution in [0.15, 0.2) is 18.2 Å². The van der Waals surface area contributed by atoms with Crippen molar-refractivity contribution < 1.29 is 29.0 Å². The highest BCUT2D eigenvalue weighted by Crippen LogP contribution is 2.60. The van der Waals surface area contributed by atoms with E-state index in [1.165, 1.54) is 19.3 Å². The number of anilines is 1. The SMILES string of the molecule is COc1ccc2c(c1)CCCN2C(=O)COC(=O)[C@@H]1CC(O)CN1C(=O)C12CC3CC(CC(C3)C1)C2. The van der Waals surface area contributed by atoms with Gasteiger partial charge in [-0.25, -0.2) is 4.79 Å². The lowest BCUT2D eigenvalue weighted by atomic mass is 9.49.